The molecule has 6 rings (SSSR count). The van der Waals surface area contributed by atoms with Gasteiger partial charge < -0.3 is 19.9 Å². The van der Waals surface area contributed by atoms with Crippen LogP contribution in [0.1, 0.15) is 72.1 Å². The Labute approximate surface area is 317 Å². The lowest BCUT2D eigenvalue weighted by atomic mass is 9.77. The van der Waals surface area contributed by atoms with E-state index in [0.717, 1.165) is 30.4 Å². The van der Waals surface area contributed by atoms with Gasteiger partial charge in [-0.15, -0.1) is 6.58 Å². The van der Waals surface area contributed by atoms with E-state index in [1.165, 1.54) is 11.0 Å². The van der Waals surface area contributed by atoms with E-state index < -0.39 is 74.0 Å². The van der Waals surface area contributed by atoms with Gasteiger partial charge in [0.15, 0.2) is 0 Å². The molecule has 4 fully saturated rings. The molecule has 0 bridgehead atoms. The van der Waals surface area contributed by atoms with E-state index in [9.17, 15) is 32.4 Å². The van der Waals surface area contributed by atoms with Gasteiger partial charge >= 0.3 is 6.09 Å². The number of anilines is 1. The Balaban J connectivity index is 1.20. The molecular formula is C40H51N5O8S. The molecule has 4 aliphatic rings. The van der Waals surface area contributed by atoms with Crippen LogP contribution in [-0.2, 0) is 33.9 Å². The number of likely N-dealkylation sites (tertiary alicyclic amines) is 2. The summed E-state index contributed by atoms with van der Waals surface area (Å²) >= 11 is 0. The first kappa shape index (κ1) is 39.0. The third-order valence-electron chi connectivity index (χ3n) is 11.0. The number of piperidine rings is 1. The van der Waals surface area contributed by atoms with E-state index in [1.807, 2.05) is 63.2 Å². The van der Waals surface area contributed by atoms with Gasteiger partial charge in [0.25, 0.3) is 5.91 Å². The molecule has 13 nitrogen and oxygen atoms in total. The van der Waals surface area contributed by atoms with Crippen LogP contribution in [0.3, 0.4) is 0 Å². The molecule has 14 heteroatoms. The van der Waals surface area contributed by atoms with Crippen LogP contribution in [0.15, 0.2) is 67.3 Å². The van der Waals surface area contributed by atoms with Crippen molar-refractivity contribution in [3.63, 3.8) is 0 Å². The summed E-state index contributed by atoms with van der Waals surface area (Å²) in [5.74, 6) is -3.45. The molecule has 0 spiro atoms. The number of hydrogen-bond acceptors (Lipinski definition) is 8. The quantitative estimate of drug-likeness (QED) is 0.264. The van der Waals surface area contributed by atoms with Gasteiger partial charge in [-0.3, -0.25) is 29.2 Å². The fraction of sp³-hybridized carbons (Fsp3) is 0.525. The van der Waals surface area contributed by atoms with E-state index >= 15 is 0 Å². The highest BCUT2D eigenvalue weighted by atomic mass is 32.2. The SMILES string of the molecule is C=C[C@@H]1C[C@]1(NC(=O)[C@@H]1C[C@@H](OC(=O)Nc2ccc(-c3ccccc3)cc2)CN1C(=O)[C@@H](CC(=O)N1CCCCC1)C(C)(C)C)C(=O)NS(=O)(=O)C1CC1. The molecule has 2 aromatic rings. The molecule has 3 N–H and O–H groups in total. The predicted octanol–water partition coefficient (Wildman–Crippen LogP) is 4.61. The zero-order chi connectivity index (χ0) is 38.8. The third-order valence-corrected chi connectivity index (χ3v) is 12.9. The van der Waals surface area contributed by atoms with Gasteiger partial charge in [0.1, 0.15) is 17.7 Å². The van der Waals surface area contributed by atoms with Crippen LogP contribution in [-0.4, -0.2) is 90.5 Å². The van der Waals surface area contributed by atoms with Crippen molar-refractivity contribution in [3.8, 4) is 11.1 Å². The molecule has 290 valence electrons. The van der Waals surface area contributed by atoms with Crippen LogP contribution in [0.2, 0.25) is 0 Å². The molecule has 2 aliphatic carbocycles. The minimum Gasteiger partial charge on any atom is -0.444 e. The Kier molecular flexibility index (Phi) is 11.2. The Morgan fingerprint density at radius 2 is 1.61 bits per heavy atom. The van der Waals surface area contributed by atoms with Gasteiger partial charge in [-0.25, -0.2) is 13.2 Å². The monoisotopic (exact) mass is 761 g/mol. The van der Waals surface area contributed by atoms with Crippen molar-refractivity contribution in [3.05, 3.63) is 67.3 Å². The zero-order valence-electron chi connectivity index (χ0n) is 31.2. The molecule has 2 saturated heterocycles. The van der Waals surface area contributed by atoms with Crippen molar-refractivity contribution in [2.75, 3.05) is 25.0 Å². The van der Waals surface area contributed by atoms with Crippen molar-refractivity contribution >= 4 is 45.4 Å². The summed E-state index contributed by atoms with van der Waals surface area (Å²) in [4.78, 5) is 72.0. The fourth-order valence-electron chi connectivity index (χ4n) is 7.48. The fourth-order valence-corrected chi connectivity index (χ4v) is 8.84. The van der Waals surface area contributed by atoms with E-state index in [0.29, 0.717) is 31.6 Å². The standard InChI is InChI=1S/C40H51N5O8S/c1-5-28-24-40(28,37(49)43-54(51,52)31-18-19-31)42-35(47)33-22-30(53-38(50)41-29-16-14-27(15-17-29)26-12-8-6-9-13-26)25-45(33)36(48)32(39(2,3)4)23-34(46)44-20-10-7-11-21-44/h5-6,8-9,12-17,28,30-33H,1,7,10-11,18-25H2,2-4H3,(H,41,50)(H,42,47)(H,43,49)/t28-,30-,32-,33+,40-/m1/s1. The summed E-state index contributed by atoms with van der Waals surface area (Å²) in [5, 5.41) is 4.84. The van der Waals surface area contributed by atoms with Crippen LogP contribution in [0.4, 0.5) is 10.5 Å². The molecule has 54 heavy (non-hydrogen) atoms. The maximum Gasteiger partial charge on any atom is 0.411 e. The highest BCUT2D eigenvalue weighted by molar-refractivity contribution is 7.91. The van der Waals surface area contributed by atoms with Crippen LogP contribution in [0.5, 0.6) is 0 Å². The van der Waals surface area contributed by atoms with Gasteiger partial charge in [-0.05, 0) is 67.2 Å². The maximum atomic E-state index is 14.5. The summed E-state index contributed by atoms with van der Waals surface area (Å²) < 4.78 is 33.3. The van der Waals surface area contributed by atoms with Gasteiger partial charge in [0.05, 0.1) is 17.7 Å². The van der Waals surface area contributed by atoms with Gasteiger partial charge in [0.2, 0.25) is 27.7 Å². The first-order chi connectivity index (χ1) is 25.6. The summed E-state index contributed by atoms with van der Waals surface area (Å²) in [6.45, 7) is 10.5. The van der Waals surface area contributed by atoms with Gasteiger partial charge in [-0.1, -0.05) is 69.3 Å². The van der Waals surface area contributed by atoms with Crippen molar-refractivity contribution < 1.29 is 37.1 Å². The topological polar surface area (TPSA) is 171 Å². The lowest BCUT2D eigenvalue weighted by Crippen LogP contribution is -2.57. The largest absolute Gasteiger partial charge is 0.444 e. The number of rotatable bonds is 12. The first-order valence-corrected chi connectivity index (χ1v) is 20.4. The van der Waals surface area contributed by atoms with Crippen molar-refractivity contribution in [1.82, 2.24) is 19.8 Å². The molecular weight excluding hydrogens is 711 g/mol. The summed E-state index contributed by atoms with van der Waals surface area (Å²) in [6, 6.07) is 15.8. The average molecular weight is 762 g/mol. The number of hydrogen-bond donors (Lipinski definition) is 3. The number of nitrogens with one attached hydrogen (secondary N) is 3. The van der Waals surface area contributed by atoms with E-state index in [-0.39, 0.29) is 31.7 Å². The molecule has 2 aromatic carbocycles. The summed E-state index contributed by atoms with van der Waals surface area (Å²) in [5.41, 5.74) is 0.237. The highest BCUT2D eigenvalue weighted by Crippen LogP contribution is 2.46. The molecule has 5 atom stereocenters. The lowest BCUT2D eigenvalue weighted by molar-refractivity contribution is -0.148. The molecule has 2 aliphatic heterocycles. The molecule has 2 heterocycles. The molecule has 5 amide bonds. The normalized spacial score (nSPS) is 24.5. The van der Waals surface area contributed by atoms with E-state index in [4.69, 9.17) is 4.74 Å². The predicted molar refractivity (Wildman–Crippen MR) is 203 cm³/mol. The van der Waals surface area contributed by atoms with Gasteiger partial charge in [-0.2, -0.15) is 0 Å². The average Bonchev–Trinajstić information content (AvgIpc) is 4.07. The molecule has 0 radical (unpaired) electrons. The van der Waals surface area contributed by atoms with E-state index in [2.05, 4.69) is 21.9 Å². The number of nitrogens with zero attached hydrogens (tertiary/aromatic N) is 2. The van der Waals surface area contributed by atoms with Crippen LogP contribution in [0.25, 0.3) is 11.1 Å². The Morgan fingerprint density at radius 3 is 2.20 bits per heavy atom. The number of amides is 5. The van der Waals surface area contributed by atoms with Crippen molar-refractivity contribution in [1.29, 1.82) is 0 Å². The second kappa shape index (κ2) is 15.6. The minimum atomic E-state index is -3.90. The van der Waals surface area contributed by atoms with Crippen LogP contribution < -0.4 is 15.4 Å². The second-order valence-electron chi connectivity index (χ2n) is 16.1. The zero-order valence-corrected chi connectivity index (χ0v) is 32.0. The second-order valence-corrected chi connectivity index (χ2v) is 18.0. The number of benzene rings is 2. The first-order valence-electron chi connectivity index (χ1n) is 18.8. The van der Waals surface area contributed by atoms with Crippen LogP contribution >= 0.6 is 0 Å². The van der Waals surface area contributed by atoms with Crippen LogP contribution in [0, 0.1) is 17.3 Å². The number of ether oxygens (including phenoxy) is 1. The summed E-state index contributed by atoms with van der Waals surface area (Å²) in [6.07, 6.45) is 3.57. The maximum absolute atomic E-state index is 14.5. The summed E-state index contributed by atoms with van der Waals surface area (Å²) in [7, 11) is -3.90. The number of carbonyl (C=O) groups excluding carboxylic acids is 5. The molecule has 0 unspecified atom stereocenters. The number of sulfonamides is 1. The minimum absolute atomic E-state index is 0.0535. The van der Waals surface area contributed by atoms with E-state index in [1.54, 1.807) is 17.0 Å². The van der Waals surface area contributed by atoms with Crippen molar-refractivity contribution in [2.24, 2.45) is 17.3 Å². The van der Waals surface area contributed by atoms with Gasteiger partial charge in [0, 0.05) is 37.5 Å². The molecule has 2 saturated carbocycles. The number of carbonyl (C=O) groups is 5. The Morgan fingerprint density at radius 1 is 0.963 bits per heavy atom. The van der Waals surface area contributed by atoms with Crippen molar-refractivity contribution in [2.45, 2.75) is 95.1 Å². The Bertz CT molecular complexity index is 1870. The highest BCUT2D eigenvalue weighted by Gasteiger charge is 2.62. The smallest absolute Gasteiger partial charge is 0.411 e. The lowest BCUT2D eigenvalue weighted by Gasteiger charge is -2.36. The Hall–Kier alpha value is -4.72. The molecule has 0 aromatic heterocycles. The third kappa shape index (κ3) is 8.80.